The van der Waals surface area contributed by atoms with E-state index in [0.717, 1.165) is 24.6 Å². The molecule has 0 N–H and O–H groups in total. The van der Waals surface area contributed by atoms with Crippen molar-refractivity contribution in [3.8, 4) is 5.75 Å². The number of methoxy groups -OCH3 is 1. The van der Waals surface area contributed by atoms with E-state index >= 15 is 0 Å². The van der Waals surface area contributed by atoms with E-state index in [1.165, 1.54) is 0 Å². The number of nitrogens with zero attached hydrogens (tertiary/aromatic N) is 5. The SMILES string of the molecule is COc1cc(Cl)ccc1C(=O)N1CCCN(c2nnc3ccccn23)CC1. The first-order valence-electron chi connectivity index (χ1n) is 8.85. The number of aromatic nitrogens is 3. The Balaban J connectivity index is 1.53. The summed E-state index contributed by atoms with van der Waals surface area (Å²) in [5.74, 6) is 1.26. The molecule has 0 aliphatic carbocycles. The van der Waals surface area contributed by atoms with E-state index < -0.39 is 0 Å². The smallest absolute Gasteiger partial charge is 0.257 e. The lowest BCUT2D eigenvalue weighted by molar-refractivity contribution is 0.0763. The minimum absolute atomic E-state index is 0.0449. The van der Waals surface area contributed by atoms with E-state index in [1.54, 1.807) is 25.3 Å². The third-order valence-electron chi connectivity index (χ3n) is 4.76. The molecule has 0 saturated carbocycles. The average molecular weight is 386 g/mol. The first-order chi connectivity index (χ1) is 13.2. The lowest BCUT2D eigenvalue weighted by atomic mass is 10.1. The Hall–Kier alpha value is -2.80. The van der Waals surface area contributed by atoms with Gasteiger partial charge in [-0.3, -0.25) is 9.20 Å². The summed E-state index contributed by atoms with van der Waals surface area (Å²) in [7, 11) is 1.54. The second kappa shape index (κ2) is 7.44. The molecule has 0 atom stereocenters. The van der Waals surface area contributed by atoms with Crippen molar-refractivity contribution in [2.24, 2.45) is 0 Å². The number of halogens is 1. The monoisotopic (exact) mass is 385 g/mol. The van der Waals surface area contributed by atoms with Crippen molar-refractivity contribution in [1.82, 2.24) is 19.5 Å². The molecular weight excluding hydrogens is 366 g/mol. The van der Waals surface area contributed by atoms with Crippen molar-refractivity contribution < 1.29 is 9.53 Å². The Kier molecular flexibility index (Phi) is 4.85. The van der Waals surface area contributed by atoms with Crippen LogP contribution in [0.5, 0.6) is 5.75 Å². The van der Waals surface area contributed by atoms with Crippen LogP contribution in [-0.4, -0.2) is 58.7 Å². The second-order valence-corrected chi connectivity index (χ2v) is 6.84. The van der Waals surface area contributed by atoms with Gasteiger partial charge in [-0.25, -0.2) is 0 Å². The van der Waals surface area contributed by atoms with E-state index in [1.807, 2.05) is 33.7 Å². The number of rotatable bonds is 3. The third kappa shape index (κ3) is 3.42. The standard InChI is InChI=1S/C19H20ClN5O2/c1-27-16-13-14(20)6-7-15(16)18(26)23-8-4-9-24(12-11-23)19-22-21-17-5-2-3-10-25(17)19/h2-3,5-7,10,13H,4,8-9,11-12H2,1H3. The van der Waals surface area contributed by atoms with Gasteiger partial charge in [0, 0.05) is 37.4 Å². The van der Waals surface area contributed by atoms with E-state index in [2.05, 4.69) is 15.1 Å². The van der Waals surface area contributed by atoms with Gasteiger partial charge in [0.15, 0.2) is 5.65 Å². The summed E-state index contributed by atoms with van der Waals surface area (Å²) in [6.45, 7) is 2.79. The number of pyridine rings is 1. The lowest BCUT2D eigenvalue weighted by Crippen LogP contribution is -2.35. The highest BCUT2D eigenvalue weighted by molar-refractivity contribution is 6.30. The fourth-order valence-corrected chi connectivity index (χ4v) is 3.54. The minimum Gasteiger partial charge on any atom is -0.496 e. The highest BCUT2D eigenvalue weighted by atomic mass is 35.5. The number of anilines is 1. The zero-order valence-electron chi connectivity index (χ0n) is 15.0. The first kappa shape index (κ1) is 17.6. The van der Waals surface area contributed by atoms with Gasteiger partial charge in [-0.05, 0) is 36.8 Å². The molecule has 8 heteroatoms. The molecule has 0 radical (unpaired) electrons. The van der Waals surface area contributed by atoms with Gasteiger partial charge in [0.1, 0.15) is 5.75 Å². The van der Waals surface area contributed by atoms with Gasteiger partial charge in [-0.1, -0.05) is 17.7 Å². The predicted octanol–water partition coefficient (Wildman–Crippen LogP) is 2.74. The fourth-order valence-electron chi connectivity index (χ4n) is 3.38. The summed E-state index contributed by atoms with van der Waals surface area (Å²) in [5.41, 5.74) is 1.35. The highest BCUT2D eigenvalue weighted by Gasteiger charge is 2.24. The molecule has 27 heavy (non-hydrogen) atoms. The van der Waals surface area contributed by atoms with Crippen molar-refractivity contribution >= 4 is 29.1 Å². The number of carbonyl (C=O) groups is 1. The molecule has 0 bridgehead atoms. The summed E-state index contributed by atoms with van der Waals surface area (Å²) >= 11 is 6.01. The van der Waals surface area contributed by atoms with E-state index in [0.29, 0.717) is 36.0 Å². The van der Waals surface area contributed by atoms with Gasteiger partial charge in [-0.15, -0.1) is 10.2 Å². The van der Waals surface area contributed by atoms with Crippen LogP contribution in [0.4, 0.5) is 5.95 Å². The van der Waals surface area contributed by atoms with Crippen LogP contribution in [0.25, 0.3) is 5.65 Å². The van der Waals surface area contributed by atoms with E-state index in [4.69, 9.17) is 16.3 Å². The maximum atomic E-state index is 13.0. The van der Waals surface area contributed by atoms with Crippen LogP contribution in [0.3, 0.4) is 0 Å². The van der Waals surface area contributed by atoms with Gasteiger partial charge in [0.05, 0.1) is 12.7 Å². The quantitative estimate of drug-likeness (QED) is 0.693. The number of carbonyl (C=O) groups excluding carboxylic acids is 1. The van der Waals surface area contributed by atoms with Gasteiger partial charge < -0.3 is 14.5 Å². The zero-order chi connectivity index (χ0) is 18.8. The Labute approximate surface area is 162 Å². The Morgan fingerprint density at radius 3 is 2.85 bits per heavy atom. The van der Waals surface area contributed by atoms with Crippen LogP contribution in [0.1, 0.15) is 16.8 Å². The van der Waals surface area contributed by atoms with Crippen molar-refractivity contribution in [2.45, 2.75) is 6.42 Å². The highest BCUT2D eigenvalue weighted by Crippen LogP contribution is 2.25. The molecule has 1 fully saturated rings. The molecular formula is C19H20ClN5O2. The van der Waals surface area contributed by atoms with Crippen molar-refractivity contribution in [3.05, 3.63) is 53.2 Å². The summed E-state index contributed by atoms with van der Waals surface area (Å²) in [4.78, 5) is 17.0. The van der Waals surface area contributed by atoms with Gasteiger partial charge in [0.25, 0.3) is 5.91 Å². The van der Waals surface area contributed by atoms with Crippen LogP contribution < -0.4 is 9.64 Å². The Morgan fingerprint density at radius 1 is 1.11 bits per heavy atom. The second-order valence-electron chi connectivity index (χ2n) is 6.41. The maximum Gasteiger partial charge on any atom is 0.257 e. The molecule has 2 aromatic heterocycles. The molecule has 1 amide bonds. The van der Waals surface area contributed by atoms with Crippen LogP contribution in [-0.2, 0) is 0 Å². The molecule has 0 unspecified atom stereocenters. The van der Waals surface area contributed by atoms with Crippen molar-refractivity contribution in [3.63, 3.8) is 0 Å². The lowest BCUT2D eigenvalue weighted by Gasteiger charge is -2.22. The molecule has 1 saturated heterocycles. The van der Waals surface area contributed by atoms with E-state index in [9.17, 15) is 4.79 Å². The van der Waals surface area contributed by atoms with Gasteiger partial charge in [-0.2, -0.15) is 0 Å². The zero-order valence-corrected chi connectivity index (χ0v) is 15.8. The van der Waals surface area contributed by atoms with Crippen molar-refractivity contribution in [2.75, 3.05) is 38.2 Å². The molecule has 0 spiro atoms. The van der Waals surface area contributed by atoms with Gasteiger partial charge >= 0.3 is 0 Å². The molecule has 1 aliphatic rings. The number of amides is 1. The van der Waals surface area contributed by atoms with Crippen molar-refractivity contribution in [1.29, 1.82) is 0 Å². The topological polar surface area (TPSA) is 63.0 Å². The predicted molar refractivity (Wildman–Crippen MR) is 104 cm³/mol. The summed E-state index contributed by atoms with van der Waals surface area (Å²) in [5, 5.41) is 9.09. The number of ether oxygens (including phenoxy) is 1. The molecule has 3 aromatic rings. The molecule has 4 rings (SSSR count). The van der Waals surface area contributed by atoms with Crippen LogP contribution >= 0.6 is 11.6 Å². The Morgan fingerprint density at radius 2 is 2.00 bits per heavy atom. The molecule has 140 valence electrons. The van der Waals surface area contributed by atoms with E-state index in [-0.39, 0.29) is 5.91 Å². The largest absolute Gasteiger partial charge is 0.496 e. The average Bonchev–Trinajstić information content (AvgIpc) is 2.97. The Bertz CT molecular complexity index is 974. The molecule has 7 nitrogen and oxygen atoms in total. The summed E-state index contributed by atoms with van der Waals surface area (Å²) < 4.78 is 7.31. The summed E-state index contributed by atoms with van der Waals surface area (Å²) in [6.07, 6.45) is 2.81. The molecule has 1 aromatic carbocycles. The van der Waals surface area contributed by atoms with Crippen LogP contribution in [0, 0.1) is 0 Å². The number of fused-ring (bicyclic) bond motifs is 1. The number of hydrogen-bond acceptors (Lipinski definition) is 5. The van der Waals surface area contributed by atoms with Gasteiger partial charge in [0.2, 0.25) is 5.95 Å². The molecule has 1 aliphatic heterocycles. The normalized spacial score (nSPS) is 15.0. The minimum atomic E-state index is -0.0449. The van der Waals surface area contributed by atoms with Crippen LogP contribution in [0.15, 0.2) is 42.6 Å². The molecule has 3 heterocycles. The number of benzene rings is 1. The fraction of sp³-hybridized carbons (Fsp3) is 0.316. The first-order valence-corrected chi connectivity index (χ1v) is 9.22. The maximum absolute atomic E-state index is 13.0. The summed E-state index contributed by atoms with van der Waals surface area (Å²) in [6, 6.07) is 10.9. The third-order valence-corrected chi connectivity index (χ3v) is 4.99. The van der Waals surface area contributed by atoms with Crippen LogP contribution in [0.2, 0.25) is 5.02 Å². The number of hydrogen-bond donors (Lipinski definition) is 0.